The second-order valence-corrected chi connectivity index (χ2v) is 6.07. The van der Waals surface area contributed by atoms with Crippen molar-refractivity contribution in [1.29, 1.82) is 0 Å². The molecule has 0 N–H and O–H groups in total. The number of nitrogens with zero attached hydrogens (tertiary/aromatic N) is 7. The SMILES string of the molecule is CCCc1nc(Cc2ccnn2-c2ncccc2F)cc2nc(CF)nn12. The quantitative estimate of drug-likeness (QED) is 0.522. The van der Waals surface area contributed by atoms with E-state index in [9.17, 15) is 8.78 Å². The maximum absolute atomic E-state index is 14.1. The fraction of sp³-hybridized carbons (Fsp3) is 0.278. The molecule has 0 amide bonds. The Kier molecular flexibility index (Phi) is 4.57. The van der Waals surface area contributed by atoms with Crippen LogP contribution in [0.5, 0.6) is 0 Å². The Morgan fingerprint density at radius 3 is 2.81 bits per heavy atom. The Labute approximate surface area is 153 Å². The van der Waals surface area contributed by atoms with Gasteiger partial charge in [-0.3, -0.25) is 0 Å². The van der Waals surface area contributed by atoms with Gasteiger partial charge < -0.3 is 0 Å². The molecule has 9 heteroatoms. The summed E-state index contributed by atoms with van der Waals surface area (Å²) in [6.07, 6.45) is 5.07. The first kappa shape index (κ1) is 17.2. The molecule has 7 nitrogen and oxygen atoms in total. The average molecular weight is 369 g/mol. The fourth-order valence-corrected chi connectivity index (χ4v) is 2.95. The first-order valence-corrected chi connectivity index (χ1v) is 8.63. The maximum atomic E-state index is 14.1. The van der Waals surface area contributed by atoms with Crippen molar-refractivity contribution < 1.29 is 8.78 Å². The highest BCUT2D eigenvalue weighted by Crippen LogP contribution is 2.16. The fourth-order valence-electron chi connectivity index (χ4n) is 2.95. The van der Waals surface area contributed by atoms with Gasteiger partial charge >= 0.3 is 0 Å². The van der Waals surface area contributed by atoms with Crippen LogP contribution in [0, 0.1) is 5.82 Å². The molecular weight excluding hydrogens is 352 g/mol. The minimum atomic E-state index is -0.728. The zero-order valence-electron chi connectivity index (χ0n) is 14.7. The predicted molar refractivity (Wildman–Crippen MR) is 93.7 cm³/mol. The smallest absolute Gasteiger partial charge is 0.189 e. The van der Waals surface area contributed by atoms with Crippen LogP contribution in [0.25, 0.3) is 11.5 Å². The summed E-state index contributed by atoms with van der Waals surface area (Å²) in [5, 5.41) is 8.34. The minimum absolute atomic E-state index is 0.131. The molecule has 4 aromatic rings. The highest BCUT2D eigenvalue weighted by atomic mass is 19.1. The van der Waals surface area contributed by atoms with E-state index in [1.807, 2.05) is 6.92 Å². The van der Waals surface area contributed by atoms with Crippen molar-refractivity contribution in [3.05, 3.63) is 65.5 Å². The van der Waals surface area contributed by atoms with Crippen LogP contribution in [0.15, 0.2) is 36.7 Å². The zero-order valence-corrected chi connectivity index (χ0v) is 14.7. The second-order valence-electron chi connectivity index (χ2n) is 6.07. The van der Waals surface area contributed by atoms with Gasteiger partial charge in [-0.25, -0.2) is 28.4 Å². The topological polar surface area (TPSA) is 73.8 Å². The van der Waals surface area contributed by atoms with Crippen LogP contribution in [0.4, 0.5) is 8.78 Å². The van der Waals surface area contributed by atoms with E-state index in [1.54, 1.807) is 22.8 Å². The molecule has 0 aromatic carbocycles. The summed E-state index contributed by atoms with van der Waals surface area (Å²) in [7, 11) is 0. The van der Waals surface area contributed by atoms with Crippen LogP contribution in [0.1, 0.15) is 36.4 Å². The Morgan fingerprint density at radius 1 is 1.15 bits per heavy atom. The van der Waals surface area contributed by atoms with Gasteiger partial charge in [0.1, 0.15) is 5.82 Å². The van der Waals surface area contributed by atoms with Gasteiger partial charge in [0.25, 0.3) is 0 Å². The van der Waals surface area contributed by atoms with Crippen LogP contribution in [-0.2, 0) is 19.5 Å². The highest BCUT2D eigenvalue weighted by molar-refractivity contribution is 5.41. The first-order valence-electron chi connectivity index (χ1n) is 8.63. The van der Waals surface area contributed by atoms with Crippen molar-refractivity contribution in [3.8, 4) is 5.82 Å². The lowest BCUT2D eigenvalue weighted by Gasteiger charge is -2.09. The molecule has 4 rings (SSSR count). The summed E-state index contributed by atoms with van der Waals surface area (Å²) in [5.74, 6) is 0.524. The molecule has 0 saturated heterocycles. The van der Waals surface area contributed by atoms with Gasteiger partial charge in [-0.05, 0) is 24.6 Å². The first-order chi connectivity index (χ1) is 13.2. The van der Waals surface area contributed by atoms with Gasteiger partial charge in [0.2, 0.25) is 0 Å². The summed E-state index contributed by atoms with van der Waals surface area (Å²) in [6.45, 7) is 1.31. The van der Waals surface area contributed by atoms with E-state index >= 15 is 0 Å². The van der Waals surface area contributed by atoms with Crippen molar-refractivity contribution in [1.82, 2.24) is 34.3 Å². The molecule has 0 radical (unpaired) electrons. The zero-order chi connectivity index (χ0) is 18.8. The Balaban J connectivity index is 1.74. The molecule has 0 aliphatic rings. The summed E-state index contributed by atoms with van der Waals surface area (Å²) in [6, 6.07) is 6.42. The Morgan fingerprint density at radius 2 is 2.04 bits per heavy atom. The van der Waals surface area contributed by atoms with Crippen LogP contribution in [-0.4, -0.2) is 34.3 Å². The van der Waals surface area contributed by atoms with Gasteiger partial charge in [0.15, 0.2) is 29.8 Å². The van der Waals surface area contributed by atoms with Crippen molar-refractivity contribution in [2.45, 2.75) is 32.9 Å². The largest absolute Gasteiger partial charge is 0.242 e. The summed E-state index contributed by atoms with van der Waals surface area (Å²) in [4.78, 5) is 12.9. The van der Waals surface area contributed by atoms with Gasteiger partial charge in [-0.1, -0.05) is 6.92 Å². The molecular formula is C18H17F2N7. The monoisotopic (exact) mass is 369 g/mol. The summed E-state index contributed by atoms with van der Waals surface area (Å²) >= 11 is 0. The number of aryl methyl sites for hydroxylation is 1. The molecule has 4 heterocycles. The van der Waals surface area contributed by atoms with E-state index in [-0.39, 0.29) is 11.6 Å². The van der Waals surface area contributed by atoms with E-state index in [4.69, 9.17) is 0 Å². The lowest BCUT2D eigenvalue weighted by atomic mass is 10.2. The predicted octanol–water partition coefficient (Wildman–Crippen LogP) is 2.86. The molecule has 0 aliphatic heterocycles. The molecule has 0 fully saturated rings. The number of alkyl halides is 1. The normalized spacial score (nSPS) is 11.4. The third-order valence-electron chi connectivity index (χ3n) is 4.11. The van der Waals surface area contributed by atoms with E-state index < -0.39 is 12.5 Å². The van der Waals surface area contributed by atoms with Gasteiger partial charge in [0, 0.05) is 31.3 Å². The molecule has 27 heavy (non-hydrogen) atoms. The van der Waals surface area contributed by atoms with Crippen LogP contribution in [0.2, 0.25) is 0 Å². The van der Waals surface area contributed by atoms with E-state index in [1.165, 1.54) is 23.0 Å². The lowest BCUT2D eigenvalue weighted by molar-refractivity contribution is 0.465. The third kappa shape index (κ3) is 3.27. The molecule has 0 unspecified atom stereocenters. The molecule has 0 spiro atoms. The highest BCUT2D eigenvalue weighted by Gasteiger charge is 2.15. The summed E-state index contributed by atoms with van der Waals surface area (Å²) < 4.78 is 30.1. The Hall–Kier alpha value is -3.23. The summed E-state index contributed by atoms with van der Waals surface area (Å²) in [5.41, 5.74) is 2.00. The lowest BCUT2D eigenvalue weighted by Crippen LogP contribution is -2.10. The van der Waals surface area contributed by atoms with Gasteiger partial charge in [-0.2, -0.15) is 9.61 Å². The minimum Gasteiger partial charge on any atom is -0.242 e. The number of halogens is 2. The average Bonchev–Trinajstić information content (AvgIpc) is 3.29. The van der Waals surface area contributed by atoms with Crippen LogP contribution >= 0.6 is 0 Å². The van der Waals surface area contributed by atoms with E-state index in [0.29, 0.717) is 24.3 Å². The number of hydrogen-bond acceptors (Lipinski definition) is 5. The van der Waals surface area contributed by atoms with Crippen LogP contribution in [0.3, 0.4) is 0 Å². The van der Waals surface area contributed by atoms with Crippen molar-refractivity contribution >= 4 is 5.65 Å². The third-order valence-corrected chi connectivity index (χ3v) is 4.11. The van der Waals surface area contributed by atoms with Crippen LogP contribution < -0.4 is 0 Å². The molecule has 0 aliphatic carbocycles. The number of rotatable bonds is 6. The molecule has 0 bridgehead atoms. The molecule has 138 valence electrons. The number of fused-ring (bicyclic) bond motifs is 1. The number of aromatic nitrogens is 7. The maximum Gasteiger partial charge on any atom is 0.189 e. The van der Waals surface area contributed by atoms with Crippen molar-refractivity contribution in [2.75, 3.05) is 0 Å². The molecule has 0 atom stereocenters. The van der Waals surface area contributed by atoms with Crippen molar-refractivity contribution in [3.63, 3.8) is 0 Å². The second kappa shape index (κ2) is 7.18. The number of hydrogen-bond donors (Lipinski definition) is 0. The number of pyridine rings is 1. The molecule has 0 saturated carbocycles. The Bertz CT molecular complexity index is 1090. The molecule has 4 aromatic heterocycles. The van der Waals surface area contributed by atoms with E-state index in [2.05, 4.69) is 25.1 Å². The standard InChI is InChI=1S/C18H17F2N7/c1-2-4-16-23-12(10-17-24-15(11-19)25-27(16)17)9-13-6-8-22-26(13)18-14(20)5-3-7-21-18/h3,5-8,10H,2,4,9,11H2,1H3. The van der Waals surface area contributed by atoms with E-state index in [0.717, 1.165) is 17.8 Å². The van der Waals surface area contributed by atoms with Gasteiger partial charge in [0.05, 0.1) is 11.4 Å². The van der Waals surface area contributed by atoms with Crippen molar-refractivity contribution in [2.24, 2.45) is 0 Å². The van der Waals surface area contributed by atoms with Gasteiger partial charge in [-0.15, -0.1) is 5.10 Å².